The zero-order valence-corrected chi connectivity index (χ0v) is 18.6. The number of esters is 2. The molecule has 1 aliphatic rings. The van der Waals surface area contributed by atoms with E-state index in [2.05, 4.69) is 0 Å². The average molecular weight is 442 g/mol. The summed E-state index contributed by atoms with van der Waals surface area (Å²) in [5.74, 6) is -0.767. The van der Waals surface area contributed by atoms with Gasteiger partial charge in [0, 0.05) is 22.3 Å². The van der Waals surface area contributed by atoms with Gasteiger partial charge in [-0.25, -0.2) is 9.59 Å². The smallest absolute Gasteiger partial charge is 0.354 e. The Bertz CT molecular complexity index is 1020. The maximum atomic E-state index is 13.0. The minimum atomic E-state index is -0.518. The summed E-state index contributed by atoms with van der Waals surface area (Å²) in [7, 11) is 2.91. The Morgan fingerprint density at radius 2 is 1.65 bits per heavy atom. The van der Waals surface area contributed by atoms with E-state index in [-0.39, 0.29) is 6.61 Å². The maximum Gasteiger partial charge on any atom is 0.354 e. The first-order valence-corrected chi connectivity index (χ1v) is 10.2. The average Bonchev–Trinajstić information content (AvgIpc) is 2.78. The van der Waals surface area contributed by atoms with Crippen molar-refractivity contribution < 1.29 is 23.8 Å². The normalized spacial score (nSPS) is 16.0. The monoisotopic (exact) mass is 441 g/mol. The molecule has 0 fully saturated rings. The number of carbonyl (C=O) groups excluding carboxylic acids is 2. The molecule has 2 aromatic carbocycles. The number of carbonyl (C=O) groups is 2. The van der Waals surface area contributed by atoms with Crippen LogP contribution >= 0.6 is 11.6 Å². The van der Waals surface area contributed by atoms with Gasteiger partial charge in [-0.2, -0.15) is 0 Å². The highest BCUT2D eigenvalue weighted by Crippen LogP contribution is 2.40. The number of hydrogen-bond acceptors (Lipinski definition) is 6. The lowest BCUT2D eigenvalue weighted by atomic mass is 9.85. The second kappa shape index (κ2) is 9.71. The fourth-order valence-electron chi connectivity index (χ4n) is 3.59. The zero-order valence-electron chi connectivity index (χ0n) is 17.8. The lowest BCUT2D eigenvalue weighted by Gasteiger charge is -2.35. The third-order valence-corrected chi connectivity index (χ3v) is 5.30. The molecule has 1 atom stereocenters. The molecule has 0 saturated heterocycles. The third kappa shape index (κ3) is 4.59. The number of methoxy groups -OCH3 is 2. The van der Waals surface area contributed by atoms with Gasteiger partial charge >= 0.3 is 11.9 Å². The van der Waals surface area contributed by atoms with Crippen LogP contribution in [0.2, 0.25) is 5.02 Å². The van der Waals surface area contributed by atoms with Crippen LogP contribution in [0.1, 0.15) is 25.3 Å². The van der Waals surface area contributed by atoms with Crippen molar-refractivity contribution in [3.63, 3.8) is 0 Å². The molecule has 6 nitrogen and oxygen atoms in total. The number of hydrogen-bond donors (Lipinski definition) is 0. The van der Waals surface area contributed by atoms with Crippen molar-refractivity contribution in [1.82, 2.24) is 0 Å². The molecule has 7 heteroatoms. The fraction of sp³-hybridized carbons (Fsp3) is 0.250. The van der Waals surface area contributed by atoms with Crippen molar-refractivity contribution in [2.45, 2.75) is 19.8 Å². The van der Waals surface area contributed by atoms with Crippen LogP contribution in [-0.2, 0) is 19.1 Å². The second-order valence-electron chi connectivity index (χ2n) is 6.83. The Morgan fingerprint density at radius 3 is 2.19 bits per heavy atom. The van der Waals surface area contributed by atoms with Gasteiger partial charge in [0.15, 0.2) is 0 Å². The fourth-order valence-corrected chi connectivity index (χ4v) is 3.71. The number of benzene rings is 2. The zero-order chi connectivity index (χ0) is 22.5. The molecule has 0 radical (unpaired) electrons. The standard InChI is InChI=1S/C24H24ClNO5/c1-5-31-24(28)22-15(2)26(18-10-8-17(25)9-11-18)21(23(27)30-4)14-20(22)16-6-12-19(29-3)13-7-16/h6-14,20H,5H2,1-4H3. The Morgan fingerprint density at radius 1 is 1.00 bits per heavy atom. The van der Waals surface area contributed by atoms with E-state index in [1.54, 1.807) is 56.2 Å². The number of ether oxygens (including phenoxy) is 3. The van der Waals surface area contributed by atoms with Crippen LogP contribution in [0.4, 0.5) is 5.69 Å². The van der Waals surface area contributed by atoms with Crippen LogP contribution in [0, 0.1) is 0 Å². The Hall–Kier alpha value is -3.25. The molecule has 0 amide bonds. The molecular weight excluding hydrogens is 418 g/mol. The number of rotatable bonds is 6. The Kier molecular flexibility index (Phi) is 7.02. The first kappa shape index (κ1) is 22.4. The molecule has 1 heterocycles. The summed E-state index contributed by atoms with van der Waals surface area (Å²) in [6, 6.07) is 14.3. The summed E-state index contributed by atoms with van der Waals surface area (Å²) < 4.78 is 15.6. The van der Waals surface area contributed by atoms with E-state index in [0.29, 0.717) is 33.4 Å². The van der Waals surface area contributed by atoms with E-state index in [0.717, 1.165) is 5.56 Å². The number of nitrogens with zero attached hydrogens (tertiary/aromatic N) is 1. The molecule has 3 rings (SSSR count). The molecule has 0 spiro atoms. The van der Waals surface area contributed by atoms with E-state index in [1.165, 1.54) is 7.11 Å². The topological polar surface area (TPSA) is 65.1 Å². The molecular formula is C24H24ClNO5. The van der Waals surface area contributed by atoms with Gasteiger partial charge in [0.05, 0.1) is 26.4 Å². The summed E-state index contributed by atoms with van der Waals surface area (Å²) in [5.41, 5.74) is 2.81. The summed E-state index contributed by atoms with van der Waals surface area (Å²) in [6.45, 7) is 3.78. The number of halogens is 1. The SMILES string of the molecule is CCOC(=O)C1=C(C)N(c2ccc(Cl)cc2)C(C(=O)OC)=CC1c1ccc(OC)cc1. The van der Waals surface area contributed by atoms with Gasteiger partial charge in [-0.15, -0.1) is 0 Å². The van der Waals surface area contributed by atoms with Crippen LogP contribution in [0.5, 0.6) is 5.75 Å². The molecule has 0 saturated carbocycles. The lowest BCUT2D eigenvalue weighted by molar-refractivity contribution is -0.139. The molecule has 2 aromatic rings. The van der Waals surface area contributed by atoms with Gasteiger partial charge in [0.1, 0.15) is 11.4 Å². The van der Waals surface area contributed by atoms with Crippen LogP contribution in [-0.4, -0.2) is 32.8 Å². The molecule has 0 aromatic heterocycles. The predicted octanol–water partition coefficient (Wildman–Crippen LogP) is 4.85. The van der Waals surface area contributed by atoms with Crippen molar-refractivity contribution in [2.75, 3.05) is 25.7 Å². The predicted molar refractivity (Wildman–Crippen MR) is 119 cm³/mol. The largest absolute Gasteiger partial charge is 0.497 e. The van der Waals surface area contributed by atoms with E-state index < -0.39 is 17.9 Å². The van der Waals surface area contributed by atoms with Gasteiger partial charge in [0.25, 0.3) is 0 Å². The van der Waals surface area contributed by atoms with E-state index in [1.807, 2.05) is 24.3 Å². The first-order chi connectivity index (χ1) is 14.9. The van der Waals surface area contributed by atoms with Crippen molar-refractivity contribution in [1.29, 1.82) is 0 Å². The van der Waals surface area contributed by atoms with Gasteiger partial charge in [0.2, 0.25) is 0 Å². The number of anilines is 1. The summed E-state index contributed by atoms with van der Waals surface area (Å²) in [4.78, 5) is 27.4. The molecule has 1 aliphatic heterocycles. The van der Waals surface area contributed by atoms with Gasteiger partial charge < -0.3 is 19.1 Å². The summed E-state index contributed by atoms with van der Waals surface area (Å²) >= 11 is 6.04. The molecule has 0 aliphatic carbocycles. The first-order valence-electron chi connectivity index (χ1n) is 9.78. The minimum absolute atomic E-state index is 0.236. The van der Waals surface area contributed by atoms with Gasteiger partial charge in [-0.1, -0.05) is 23.7 Å². The highest BCUT2D eigenvalue weighted by molar-refractivity contribution is 6.30. The molecule has 0 N–H and O–H groups in total. The number of allylic oxidation sites excluding steroid dienone is 2. The minimum Gasteiger partial charge on any atom is -0.497 e. The maximum absolute atomic E-state index is 13.0. The Balaban J connectivity index is 2.21. The van der Waals surface area contributed by atoms with Gasteiger partial charge in [-0.3, -0.25) is 0 Å². The quantitative estimate of drug-likeness (QED) is 0.597. The van der Waals surface area contributed by atoms with E-state index >= 15 is 0 Å². The van der Waals surface area contributed by atoms with Crippen LogP contribution in [0.15, 0.2) is 71.6 Å². The van der Waals surface area contributed by atoms with Gasteiger partial charge in [-0.05, 0) is 61.9 Å². The molecule has 1 unspecified atom stereocenters. The van der Waals surface area contributed by atoms with E-state index in [9.17, 15) is 9.59 Å². The molecule has 31 heavy (non-hydrogen) atoms. The summed E-state index contributed by atoms with van der Waals surface area (Å²) in [5, 5.41) is 0.563. The molecule has 0 bridgehead atoms. The van der Waals surface area contributed by atoms with Crippen LogP contribution in [0.3, 0.4) is 0 Å². The van der Waals surface area contributed by atoms with E-state index in [4.69, 9.17) is 25.8 Å². The third-order valence-electron chi connectivity index (χ3n) is 5.05. The second-order valence-corrected chi connectivity index (χ2v) is 7.26. The van der Waals surface area contributed by atoms with Crippen molar-refractivity contribution >= 4 is 29.2 Å². The van der Waals surface area contributed by atoms with Crippen LogP contribution < -0.4 is 9.64 Å². The van der Waals surface area contributed by atoms with Crippen molar-refractivity contribution in [3.8, 4) is 5.75 Å². The highest BCUT2D eigenvalue weighted by atomic mass is 35.5. The Labute approximate surface area is 186 Å². The summed E-state index contributed by atoms with van der Waals surface area (Å²) in [6.07, 6.45) is 1.72. The van der Waals surface area contributed by atoms with Crippen molar-refractivity contribution in [3.05, 3.63) is 82.2 Å². The lowest BCUT2D eigenvalue weighted by Crippen LogP contribution is -2.34. The highest BCUT2D eigenvalue weighted by Gasteiger charge is 2.36. The molecule has 162 valence electrons. The van der Waals surface area contributed by atoms with Crippen LogP contribution in [0.25, 0.3) is 0 Å². The van der Waals surface area contributed by atoms with Crippen molar-refractivity contribution in [2.24, 2.45) is 0 Å².